The van der Waals surface area contributed by atoms with Crippen molar-refractivity contribution >= 4 is 0 Å². The van der Waals surface area contributed by atoms with Gasteiger partial charge in [0.2, 0.25) is 5.88 Å². The van der Waals surface area contributed by atoms with Crippen LogP contribution in [0.2, 0.25) is 0 Å². The molecule has 4 heteroatoms. The largest absolute Gasteiger partial charge is 0.474 e. The summed E-state index contributed by atoms with van der Waals surface area (Å²) in [6.45, 7) is 2.00. The summed E-state index contributed by atoms with van der Waals surface area (Å²) in [4.78, 5) is 7.94. The maximum absolute atomic E-state index is 5.71. The molecule has 0 atom stereocenters. The lowest BCUT2D eigenvalue weighted by Gasteiger charge is -2.23. The second-order valence-electron chi connectivity index (χ2n) is 3.45. The minimum atomic E-state index is 0.242. The predicted molar refractivity (Wildman–Crippen MR) is 56.5 cm³/mol. The summed E-state index contributed by atoms with van der Waals surface area (Å²) < 4.78 is 5.71. The van der Waals surface area contributed by atoms with Crippen molar-refractivity contribution in [2.75, 3.05) is 13.1 Å². The molecule has 0 amide bonds. The number of terminal acetylenes is 1. The highest BCUT2D eigenvalue weighted by molar-refractivity contribution is 5.27. The van der Waals surface area contributed by atoms with Crippen molar-refractivity contribution in [3.8, 4) is 18.2 Å². The number of nitrogens with zero attached hydrogens (tertiary/aromatic N) is 2. The van der Waals surface area contributed by atoms with Gasteiger partial charge in [-0.2, -0.15) is 0 Å². The van der Waals surface area contributed by atoms with Crippen LogP contribution in [0.25, 0.3) is 0 Å². The summed E-state index contributed by atoms with van der Waals surface area (Å²) in [5, 5.41) is 3.28. The molecule has 0 bridgehead atoms. The number of nitrogens with one attached hydrogen (secondary N) is 1. The van der Waals surface area contributed by atoms with Crippen LogP contribution >= 0.6 is 0 Å². The average molecular weight is 203 g/mol. The van der Waals surface area contributed by atoms with Crippen LogP contribution in [0.3, 0.4) is 0 Å². The number of piperidine rings is 1. The summed E-state index contributed by atoms with van der Waals surface area (Å²) in [5.41, 5.74) is 0.564. The maximum atomic E-state index is 5.71. The standard InChI is InChI=1S/C11H13N3O/c1-2-9-7-11(14-8-13-9)15-10-3-5-12-6-4-10/h1,7-8,10,12H,3-6H2. The Morgan fingerprint density at radius 3 is 2.93 bits per heavy atom. The van der Waals surface area contributed by atoms with Crippen LogP contribution in [0.5, 0.6) is 5.88 Å². The van der Waals surface area contributed by atoms with Gasteiger partial charge in [0.15, 0.2) is 0 Å². The van der Waals surface area contributed by atoms with E-state index in [-0.39, 0.29) is 6.10 Å². The van der Waals surface area contributed by atoms with Gasteiger partial charge in [-0.3, -0.25) is 0 Å². The van der Waals surface area contributed by atoms with E-state index < -0.39 is 0 Å². The van der Waals surface area contributed by atoms with Crippen molar-refractivity contribution in [2.45, 2.75) is 18.9 Å². The molecule has 1 aromatic heterocycles. The summed E-state index contributed by atoms with van der Waals surface area (Å²) in [7, 11) is 0. The molecule has 2 heterocycles. The summed E-state index contributed by atoms with van der Waals surface area (Å²) in [6.07, 6.45) is 8.94. The van der Waals surface area contributed by atoms with E-state index in [9.17, 15) is 0 Å². The Morgan fingerprint density at radius 1 is 1.40 bits per heavy atom. The summed E-state index contributed by atoms with van der Waals surface area (Å²) in [6, 6.07) is 1.70. The molecule has 0 unspecified atom stereocenters. The molecule has 1 N–H and O–H groups in total. The fourth-order valence-electron chi connectivity index (χ4n) is 1.57. The second kappa shape index (κ2) is 4.76. The fraction of sp³-hybridized carbons (Fsp3) is 0.455. The molecule has 4 nitrogen and oxygen atoms in total. The monoisotopic (exact) mass is 203 g/mol. The Hall–Kier alpha value is -1.60. The number of ether oxygens (including phenoxy) is 1. The van der Waals surface area contributed by atoms with Gasteiger partial charge in [-0.25, -0.2) is 9.97 Å². The van der Waals surface area contributed by atoms with Gasteiger partial charge in [-0.05, 0) is 31.9 Å². The lowest BCUT2D eigenvalue weighted by Crippen LogP contribution is -2.34. The molecule has 0 aliphatic carbocycles. The van der Waals surface area contributed by atoms with Crippen LogP contribution in [0.15, 0.2) is 12.4 Å². The molecular weight excluding hydrogens is 190 g/mol. The zero-order valence-electron chi connectivity index (χ0n) is 8.44. The highest BCUT2D eigenvalue weighted by Crippen LogP contribution is 2.13. The van der Waals surface area contributed by atoms with Crippen molar-refractivity contribution in [1.82, 2.24) is 15.3 Å². The van der Waals surface area contributed by atoms with E-state index in [1.807, 2.05) is 0 Å². The third-order valence-electron chi connectivity index (χ3n) is 2.36. The van der Waals surface area contributed by atoms with E-state index in [0.29, 0.717) is 11.6 Å². The molecule has 2 rings (SSSR count). The molecule has 1 saturated heterocycles. The number of hydrogen-bond donors (Lipinski definition) is 1. The van der Waals surface area contributed by atoms with Crippen molar-refractivity contribution in [2.24, 2.45) is 0 Å². The van der Waals surface area contributed by atoms with Gasteiger partial charge in [0.05, 0.1) is 0 Å². The van der Waals surface area contributed by atoms with Crippen LogP contribution < -0.4 is 10.1 Å². The van der Waals surface area contributed by atoms with Gasteiger partial charge in [-0.15, -0.1) is 6.42 Å². The smallest absolute Gasteiger partial charge is 0.217 e. The highest BCUT2D eigenvalue weighted by Gasteiger charge is 2.14. The molecule has 1 aliphatic heterocycles. The predicted octanol–water partition coefficient (Wildman–Crippen LogP) is 0.589. The molecule has 1 aliphatic rings. The summed E-state index contributed by atoms with van der Waals surface area (Å²) >= 11 is 0. The first-order valence-electron chi connectivity index (χ1n) is 5.04. The summed E-state index contributed by atoms with van der Waals surface area (Å²) in [5.74, 6) is 3.04. The normalized spacial score (nSPS) is 17.0. The van der Waals surface area contributed by atoms with Crippen molar-refractivity contribution in [3.63, 3.8) is 0 Å². The Balaban J connectivity index is 2.00. The Kier molecular flexibility index (Phi) is 3.15. The van der Waals surface area contributed by atoms with Gasteiger partial charge in [-0.1, -0.05) is 0 Å². The molecule has 1 aromatic rings. The van der Waals surface area contributed by atoms with E-state index in [4.69, 9.17) is 11.2 Å². The first-order valence-corrected chi connectivity index (χ1v) is 5.04. The van der Waals surface area contributed by atoms with Gasteiger partial charge in [0.25, 0.3) is 0 Å². The van der Waals surface area contributed by atoms with Crippen molar-refractivity contribution < 1.29 is 4.74 Å². The van der Waals surface area contributed by atoms with Crippen LogP contribution in [-0.2, 0) is 0 Å². The van der Waals surface area contributed by atoms with Crippen molar-refractivity contribution in [3.05, 3.63) is 18.1 Å². The molecule has 0 saturated carbocycles. The van der Waals surface area contributed by atoms with Crippen LogP contribution in [0, 0.1) is 12.3 Å². The molecule has 0 spiro atoms. The molecule has 15 heavy (non-hydrogen) atoms. The van der Waals surface area contributed by atoms with Crippen molar-refractivity contribution in [1.29, 1.82) is 0 Å². The highest BCUT2D eigenvalue weighted by atomic mass is 16.5. The molecule has 0 aromatic carbocycles. The van der Waals surface area contributed by atoms with Gasteiger partial charge in [0.1, 0.15) is 18.1 Å². The lowest BCUT2D eigenvalue weighted by molar-refractivity contribution is 0.155. The van der Waals surface area contributed by atoms with E-state index in [0.717, 1.165) is 25.9 Å². The number of hydrogen-bond acceptors (Lipinski definition) is 4. The third kappa shape index (κ3) is 2.67. The van der Waals surface area contributed by atoms with E-state index in [1.165, 1.54) is 6.33 Å². The topological polar surface area (TPSA) is 47.0 Å². The molecule has 78 valence electrons. The number of aromatic nitrogens is 2. The lowest BCUT2D eigenvalue weighted by atomic mass is 10.1. The minimum absolute atomic E-state index is 0.242. The Morgan fingerprint density at radius 2 is 2.20 bits per heavy atom. The van der Waals surface area contributed by atoms with Gasteiger partial charge in [0, 0.05) is 6.07 Å². The maximum Gasteiger partial charge on any atom is 0.217 e. The SMILES string of the molecule is C#Cc1cc(OC2CCNCC2)ncn1. The Bertz CT molecular complexity index is 366. The van der Waals surface area contributed by atoms with Crippen LogP contribution in [0.4, 0.5) is 0 Å². The quantitative estimate of drug-likeness (QED) is 0.715. The zero-order chi connectivity index (χ0) is 10.5. The number of rotatable bonds is 2. The minimum Gasteiger partial charge on any atom is -0.474 e. The molecule has 1 fully saturated rings. The fourth-order valence-corrected chi connectivity index (χ4v) is 1.57. The first kappa shape index (κ1) is 9.94. The Labute approximate surface area is 89.1 Å². The molecular formula is C11H13N3O. The van der Waals surface area contributed by atoms with E-state index >= 15 is 0 Å². The van der Waals surface area contributed by atoms with Crippen LogP contribution in [-0.4, -0.2) is 29.2 Å². The average Bonchev–Trinajstić information content (AvgIpc) is 2.31. The molecule has 0 radical (unpaired) electrons. The van der Waals surface area contributed by atoms with Crippen LogP contribution in [0.1, 0.15) is 18.5 Å². The first-order chi connectivity index (χ1) is 7.38. The van der Waals surface area contributed by atoms with E-state index in [2.05, 4.69) is 21.2 Å². The van der Waals surface area contributed by atoms with Gasteiger partial charge < -0.3 is 10.1 Å². The van der Waals surface area contributed by atoms with E-state index in [1.54, 1.807) is 6.07 Å². The zero-order valence-corrected chi connectivity index (χ0v) is 8.44. The third-order valence-corrected chi connectivity index (χ3v) is 2.36. The van der Waals surface area contributed by atoms with Gasteiger partial charge >= 0.3 is 0 Å². The second-order valence-corrected chi connectivity index (χ2v) is 3.45.